The lowest BCUT2D eigenvalue weighted by molar-refractivity contribution is -0.149. The van der Waals surface area contributed by atoms with Crippen LogP contribution in [0.2, 0.25) is 5.02 Å². The Labute approximate surface area is 227 Å². The number of amides is 1. The fraction of sp³-hybridized carbons (Fsp3) is 0.517. The van der Waals surface area contributed by atoms with E-state index in [1.54, 1.807) is 0 Å². The number of carbonyl (C=O) groups is 2. The van der Waals surface area contributed by atoms with E-state index in [2.05, 4.69) is 33.3 Å². The van der Waals surface area contributed by atoms with Gasteiger partial charge in [-0.3, -0.25) is 19.4 Å². The highest BCUT2D eigenvalue weighted by Crippen LogP contribution is 2.56. The molecule has 2 aliphatic heterocycles. The maximum absolute atomic E-state index is 12.6. The van der Waals surface area contributed by atoms with Crippen molar-refractivity contribution in [3.63, 3.8) is 0 Å². The van der Waals surface area contributed by atoms with E-state index in [4.69, 9.17) is 16.7 Å². The number of carbonyl (C=O) groups excluding carboxylic acids is 2. The molecule has 4 fully saturated rings. The van der Waals surface area contributed by atoms with Gasteiger partial charge in [-0.25, -0.2) is 0 Å². The van der Waals surface area contributed by atoms with Gasteiger partial charge < -0.3 is 9.80 Å². The van der Waals surface area contributed by atoms with Crippen LogP contribution < -0.4 is 4.90 Å². The molecule has 2 saturated carbocycles. The molecule has 3 aromatic rings. The van der Waals surface area contributed by atoms with Gasteiger partial charge in [-0.05, 0) is 63.7 Å². The third-order valence-corrected chi connectivity index (χ3v) is 10.2. The van der Waals surface area contributed by atoms with E-state index in [0.29, 0.717) is 25.2 Å². The Morgan fingerprint density at radius 2 is 2.00 bits per heavy atom. The first-order valence-electron chi connectivity index (χ1n) is 13.7. The van der Waals surface area contributed by atoms with Gasteiger partial charge in [-0.15, -0.1) is 0 Å². The molecule has 0 radical (unpaired) electrons. The Hall–Kier alpha value is -3.13. The molecule has 4 aliphatic rings. The molecule has 4 heterocycles. The van der Waals surface area contributed by atoms with Crippen molar-refractivity contribution < 1.29 is 9.59 Å². The zero-order chi connectivity index (χ0) is 26.4. The molecule has 8 nitrogen and oxygen atoms in total. The smallest absolute Gasteiger partial charge is 0.245 e. The lowest BCUT2D eigenvalue weighted by Gasteiger charge is -2.58. The molecule has 1 N–H and O–H groups in total. The number of nitrogens with one attached hydrogen (secondary N) is 1. The van der Waals surface area contributed by atoms with E-state index < -0.39 is 0 Å². The number of piperidine rings is 1. The predicted octanol–water partition coefficient (Wildman–Crippen LogP) is 5.14. The number of hydrogen-bond donors (Lipinski definition) is 1. The molecule has 7 rings (SSSR count). The molecule has 38 heavy (non-hydrogen) atoms. The van der Waals surface area contributed by atoms with E-state index in [9.17, 15) is 9.59 Å². The zero-order valence-corrected chi connectivity index (χ0v) is 22.8. The van der Waals surface area contributed by atoms with Crippen molar-refractivity contribution in [3.8, 4) is 11.1 Å². The van der Waals surface area contributed by atoms with Gasteiger partial charge in [0.25, 0.3) is 0 Å². The van der Waals surface area contributed by atoms with Gasteiger partial charge in [0.2, 0.25) is 5.91 Å². The number of aromatic amines is 1. The molecular weight excluding hydrogens is 500 g/mol. The summed E-state index contributed by atoms with van der Waals surface area (Å²) in [5.41, 5.74) is 5.13. The average Bonchev–Trinajstić information content (AvgIpc) is 3.41. The van der Waals surface area contributed by atoms with Crippen molar-refractivity contribution in [3.05, 3.63) is 41.2 Å². The first kappa shape index (κ1) is 23.9. The van der Waals surface area contributed by atoms with E-state index in [0.717, 1.165) is 89.3 Å². The van der Waals surface area contributed by atoms with Gasteiger partial charge in [0.1, 0.15) is 5.78 Å². The number of rotatable bonds is 4. The van der Waals surface area contributed by atoms with E-state index >= 15 is 0 Å². The second-order valence-electron chi connectivity index (χ2n) is 12.1. The van der Waals surface area contributed by atoms with Crippen LogP contribution in [0.4, 0.5) is 5.82 Å². The molecule has 2 spiro atoms. The third-order valence-electron chi connectivity index (χ3n) is 9.72. The summed E-state index contributed by atoms with van der Waals surface area (Å²) < 4.78 is 2.21. The van der Waals surface area contributed by atoms with Crippen LogP contribution in [0, 0.1) is 19.3 Å². The summed E-state index contributed by atoms with van der Waals surface area (Å²) >= 11 is 7.06. The molecule has 0 unspecified atom stereocenters. The Kier molecular flexibility index (Phi) is 5.16. The topological polar surface area (TPSA) is 87.1 Å². The number of aryl methyl sites for hydroxylation is 1. The van der Waals surface area contributed by atoms with Gasteiger partial charge in [0.15, 0.2) is 5.82 Å². The van der Waals surface area contributed by atoms with Crippen LogP contribution in [0.15, 0.2) is 24.9 Å². The minimum Gasteiger partial charge on any atom is -0.348 e. The summed E-state index contributed by atoms with van der Waals surface area (Å²) in [4.78, 5) is 28.9. The summed E-state index contributed by atoms with van der Waals surface area (Å²) in [6.45, 7) is 10.1. The van der Waals surface area contributed by atoms with Gasteiger partial charge in [-0.2, -0.15) is 10.2 Å². The van der Waals surface area contributed by atoms with Crippen LogP contribution in [-0.2, 0) is 9.59 Å². The molecule has 2 saturated heterocycles. The Bertz CT molecular complexity index is 1500. The van der Waals surface area contributed by atoms with E-state index in [-0.39, 0.29) is 22.9 Å². The van der Waals surface area contributed by atoms with Crippen molar-refractivity contribution in [1.29, 1.82) is 0 Å². The molecular formula is C29H33ClN6O2. The van der Waals surface area contributed by atoms with E-state index in [1.165, 1.54) is 6.08 Å². The molecule has 0 bridgehead atoms. The van der Waals surface area contributed by atoms with Crippen LogP contribution in [0.5, 0.6) is 0 Å². The predicted molar refractivity (Wildman–Crippen MR) is 147 cm³/mol. The van der Waals surface area contributed by atoms with Crippen molar-refractivity contribution in [2.45, 2.75) is 70.4 Å². The number of fused-ring (bicyclic) bond motifs is 1. The van der Waals surface area contributed by atoms with Crippen LogP contribution in [-0.4, -0.2) is 61.7 Å². The lowest BCUT2D eigenvalue weighted by Crippen LogP contribution is -2.63. The van der Waals surface area contributed by atoms with Crippen LogP contribution >= 0.6 is 11.6 Å². The molecule has 9 heteroatoms. The summed E-state index contributed by atoms with van der Waals surface area (Å²) in [6.07, 6.45) is 9.59. The van der Waals surface area contributed by atoms with Crippen LogP contribution in [0.3, 0.4) is 0 Å². The fourth-order valence-corrected chi connectivity index (χ4v) is 7.84. The molecule has 0 atom stereocenters. The number of nitrogens with zero attached hydrogens (tertiary/aromatic N) is 5. The number of benzene rings is 1. The van der Waals surface area contributed by atoms with E-state index in [1.807, 2.05) is 24.1 Å². The standard InChI is InChI=1S/C29H33ClN6O2/c1-4-23(38)34-15-28(16-34)11-19(12-28)36-18(3)24(25-21-14-31-32-22(21)10-17(2)26(25)30)27(33-36)35-9-6-20(37)13-29(35)7-5-8-29/h4,10,14,19H,1,5-9,11-13,15-16H2,2-3H3,(H,31,32). The van der Waals surface area contributed by atoms with Crippen molar-refractivity contribution in [2.24, 2.45) is 5.41 Å². The highest BCUT2D eigenvalue weighted by atomic mass is 35.5. The highest BCUT2D eigenvalue weighted by molar-refractivity contribution is 6.36. The average molecular weight is 533 g/mol. The largest absolute Gasteiger partial charge is 0.348 e. The summed E-state index contributed by atoms with van der Waals surface area (Å²) in [5, 5.41) is 14.5. The normalized spacial score (nSPS) is 22.0. The second kappa shape index (κ2) is 8.18. The fourth-order valence-electron chi connectivity index (χ4n) is 7.59. The summed E-state index contributed by atoms with van der Waals surface area (Å²) in [6, 6.07) is 2.32. The Morgan fingerprint density at radius 1 is 1.24 bits per heavy atom. The number of H-pyrrole nitrogens is 1. The third kappa shape index (κ3) is 3.28. The minimum atomic E-state index is -0.137. The number of hydrogen-bond acceptors (Lipinski definition) is 5. The van der Waals surface area contributed by atoms with Crippen molar-refractivity contribution >= 4 is 40.0 Å². The molecule has 2 aliphatic carbocycles. The van der Waals surface area contributed by atoms with Crippen LogP contribution in [0.25, 0.3) is 22.0 Å². The maximum atomic E-state index is 12.6. The molecule has 198 valence electrons. The second-order valence-corrected chi connectivity index (χ2v) is 12.5. The number of likely N-dealkylation sites (tertiary alicyclic amines) is 1. The van der Waals surface area contributed by atoms with Crippen LogP contribution in [0.1, 0.15) is 62.2 Å². The minimum absolute atomic E-state index is 0.0163. The first-order valence-corrected chi connectivity index (χ1v) is 14.0. The summed E-state index contributed by atoms with van der Waals surface area (Å²) in [7, 11) is 0. The number of aromatic nitrogens is 4. The Morgan fingerprint density at radius 3 is 2.68 bits per heavy atom. The maximum Gasteiger partial charge on any atom is 0.245 e. The van der Waals surface area contributed by atoms with Gasteiger partial charge in [0.05, 0.1) is 22.8 Å². The van der Waals surface area contributed by atoms with Gasteiger partial charge in [-0.1, -0.05) is 18.2 Å². The number of Topliss-reactive ketones (excluding diaryl/α,β-unsaturated/α-hetero) is 1. The van der Waals surface area contributed by atoms with Gasteiger partial charge >= 0.3 is 0 Å². The first-order chi connectivity index (χ1) is 18.2. The Balaban J connectivity index is 1.33. The lowest BCUT2D eigenvalue weighted by atomic mass is 9.60. The SMILES string of the molecule is C=CC(=O)N1CC2(CC(n3nc(N4CCC(=O)CC45CCC5)c(-c4c(Cl)c(C)cc5[nH]ncc45)c3C)C2)C1. The molecule has 1 aromatic carbocycles. The van der Waals surface area contributed by atoms with Crippen molar-refractivity contribution in [2.75, 3.05) is 24.5 Å². The molecule has 1 amide bonds. The summed E-state index contributed by atoms with van der Waals surface area (Å²) in [5.74, 6) is 1.32. The zero-order valence-electron chi connectivity index (χ0n) is 22.0. The number of halogens is 1. The number of anilines is 1. The highest BCUT2D eigenvalue weighted by Gasteiger charge is 2.55. The number of ketones is 1. The quantitative estimate of drug-likeness (QED) is 0.470. The monoisotopic (exact) mass is 532 g/mol. The van der Waals surface area contributed by atoms with Gasteiger partial charge in [0, 0.05) is 65.6 Å². The van der Waals surface area contributed by atoms with Crippen molar-refractivity contribution in [1.82, 2.24) is 24.9 Å². The molecule has 2 aromatic heterocycles.